The number of esters is 3. The van der Waals surface area contributed by atoms with Crippen LogP contribution in [0, 0.1) is 0 Å². The fourth-order valence-electron chi connectivity index (χ4n) is 7.74. The summed E-state index contributed by atoms with van der Waals surface area (Å²) in [7, 11) is 0. The van der Waals surface area contributed by atoms with Crippen LogP contribution in [0.15, 0.2) is 0 Å². The Morgan fingerprint density at radius 1 is 0.281 bits per heavy atom. The molecule has 0 aromatic carbocycles. The zero-order valence-electron chi connectivity index (χ0n) is 38.6. The Morgan fingerprint density at radius 3 is 0.702 bits per heavy atom. The van der Waals surface area contributed by atoms with E-state index in [1.807, 2.05) is 0 Å². The maximum Gasteiger partial charge on any atom is 0.306 e. The minimum atomic E-state index is -0.758. The fourth-order valence-corrected chi connectivity index (χ4v) is 7.74. The van der Waals surface area contributed by atoms with Crippen molar-refractivity contribution in [2.75, 3.05) is 13.2 Å². The highest BCUT2D eigenvalue weighted by molar-refractivity contribution is 5.71. The molecule has 338 valence electrons. The summed E-state index contributed by atoms with van der Waals surface area (Å²) in [5.41, 5.74) is 0. The molecule has 0 fully saturated rings. The summed E-state index contributed by atoms with van der Waals surface area (Å²) in [5, 5.41) is 0. The van der Waals surface area contributed by atoms with Crippen LogP contribution >= 0.6 is 0 Å². The summed E-state index contributed by atoms with van der Waals surface area (Å²) in [6.07, 6.45) is 49.4. The molecule has 0 aliphatic rings. The molecule has 6 nitrogen and oxygen atoms in total. The largest absolute Gasteiger partial charge is 0.462 e. The van der Waals surface area contributed by atoms with Crippen molar-refractivity contribution in [3.8, 4) is 0 Å². The second-order valence-electron chi connectivity index (χ2n) is 17.5. The number of carbonyl (C=O) groups excluding carboxylic acids is 3. The highest BCUT2D eigenvalue weighted by Crippen LogP contribution is 2.17. The average Bonchev–Trinajstić information content (AvgIpc) is 3.21. The van der Waals surface area contributed by atoms with Crippen LogP contribution in [0.5, 0.6) is 0 Å². The lowest BCUT2D eigenvalue weighted by molar-refractivity contribution is -0.167. The molecule has 0 aromatic heterocycles. The van der Waals surface area contributed by atoms with Crippen molar-refractivity contribution in [2.45, 2.75) is 297 Å². The highest BCUT2D eigenvalue weighted by atomic mass is 16.6. The zero-order valence-corrected chi connectivity index (χ0v) is 38.6. The Balaban J connectivity index is 4.22. The molecular weight excluding hydrogens is 709 g/mol. The van der Waals surface area contributed by atoms with Gasteiger partial charge in [0.05, 0.1) is 0 Å². The molecule has 0 aromatic rings. The number of hydrogen-bond acceptors (Lipinski definition) is 6. The third kappa shape index (κ3) is 45.3. The molecule has 0 aliphatic carbocycles. The van der Waals surface area contributed by atoms with Gasteiger partial charge in [0.25, 0.3) is 0 Å². The second-order valence-corrected chi connectivity index (χ2v) is 17.5. The predicted octanol–water partition coefficient (Wildman–Crippen LogP) is 16.4. The molecule has 0 heterocycles. The minimum Gasteiger partial charge on any atom is -0.462 e. The fraction of sp³-hybridized carbons (Fsp3) is 0.941. The molecule has 0 spiro atoms. The minimum absolute atomic E-state index is 0.0621. The van der Waals surface area contributed by atoms with Gasteiger partial charge >= 0.3 is 17.9 Å². The van der Waals surface area contributed by atoms with E-state index in [4.69, 9.17) is 14.2 Å². The van der Waals surface area contributed by atoms with Gasteiger partial charge in [0.1, 0.15) is 13.2 Å². The topological polar surface area (TPSA) is 78.9 Å². The van der Waals surface area contributed by atoms with E-state index < -0.39 is 6.10 Å². The lowest BCUT2D eigenvalue weighted by Crippen LogP contribution is -2.30. The third-order valence-corrected chi connectivity index (χ3v) is 11.6. The third-order valence-electron chi connectivity index (χ3n) is 11.6. The normalized spacial score (nSPS) is 11.8. The number of hydrogen-bond donors (Lipinski definition) is 0. The van der Waals surface area contributed by atoms with Crippen molar-refractivity contribution in [1.82, 2.24) is 0 Å². The summed E-state index contributed by atoms with van der Waals surface area (Å²) in [6.45, 7) is 6.66. The first-order chi connectivity index (χ1) is 28.0. The average molecular weight is 807 g/mol. The summed E-state index contributed by atoms with van der Waals surface area (Å²) >= 11 is 0. The van der Waals surface area contributed by atoms with Gasteiger partial charge in [0.15, 0.2) is 6.10 Å². The van der Waals surface area contributed by atoms with E-state index in [2.05, 4.69) is 20.8 Å². The first-order valence-electron chi connectivity index (χ1n) is 25.5. The Bertz CT molecular complexity index is 844. The molecule has 0 amide bonds. The van der Waals surface area contributed by atoms with Crippen LogP contribution in [-0.2, 0) is 28.6 Å². The van der Waals surface area contributed by atoms with E-state index in [1.165, 1.54) is 193 Å². The summed E-state index contributed by atoms with van der Waals surface area (Å²) in [5.74, 6) is -0.845. The van der Waals surface area contributed by atoms with E-state index in [9.17, 15) is 14.4 Å². The number of unbranched alkanes of at least 4 members (excludes halogenated alkanes) is 36. The molecule has 0 aliphatic heterocycles. The van der Waals surface area contributed by atoms with Crippen molar-refractivity contribution in [2.24, 2.45) is 0 Å². The Morgan fingerprint density at radius 2 is 0.474 bits per heavy atom. The van der Waals surface area contributed by atoms with Crippen LogP contribution in [-0.4, -0.2) is 37.2 Å². The van der Waals surface area contributed by atoms with Crippen LogP contribution in [0.3, 0.4) is 0 Å². The Hall–Kier alpha value is -1.59. The maximum atomic E-state index is 12.7. The molecule has 0 bridgehead atoms. The van der Waals surface area contributed by atoms with Crippen LogP contribution < -0.4 is 0 Å². The van der Waals surface area contributed by atoms with Gasteiger partial charge in [-0.3, -0.25) is 14.4 Å². The summed E-state index contributed by atoms with van der Waals surface area (Å²) in [6, 6.07) is 0. The molecule has 0 N–H and O–H groups in total. The summed E-state index contributed by atoms with van der Waals surface area (Å²) < 4.78 is 16.8. The van der Waals surface area contributed by atoms with E-state index in [0.717, 1.165) is 57.8 Å². The van der Waals surface area contributed by atoms with Gasteiger partial charge in [-0.15, -0.1) is 0 Å². The maximum absolute atomic E-state index is 12.7. The quantitative estimate of drug-likeness (QED) is 0.0346. The highest BCUT2D eigenvalue weighted by Gasteiger charge is 2.19. The Labute approximate surface area is 355 Å². The van der Waals surface area contributed by atoms with Crippen molar-refractivity contribution < 1.29 is 28.6 Å². The number of rotatable bonds is 47. The smallest absolute Gasteiger partial charge is 0.306 e. The lowest BCUT2D eigenvalue weighted by Gasteiger charge is -2.18. The molecule has 0 rings (SSSR count). The number of ether oxygens (including phenoxy) is 3. The first-order valence-corrected chi connectivity index (χ1v) is 25.5. The zero-order chi connectivity index (χ0) is 41.5. The van der Waals surface area contributed by atoms with Crippen LogP contribution in [0.25, 0.3) is 0 Å². The van der Waals surface area contributed by atoms with Crippen molar-refractivity contribution in [3.63, 3.8) is 0 Å². The summed E-state index contributed by atoms with van der Waals surface area (Å²) in [4.78, 5) is 37.8. The second kappa shape index (κ2) is 47.1. The van der Waals surface area contributed by atoms with E-state index in [-0.39, 0.29) is 31.1 Å². The van der Waals surface area contributed by atoms with Crippen molar-refractivity contribution >= 4 is 17.9 Å². The van der Waals surface area contributed by atoms with Gasteiger partial charge in [0.2, 0.25) is 0 Å². The standard InChI is InChI=1S/C51H98O6/c1-4-7-10-13-16-19-22-23-24-25-26-27-28-30-32-35-38-41-44-50(53)56-47-48(46-55-49(52)43-40-37-34-31-21-18-15-12-9-6-3)57-51(54)45-42-39-36-33-29-20-17-14-11-8-5-2/h48H,4-47H2,1-3H3/t48-/m0/s1. The molecule has 0 radical (unpaired) electrons. The Kier molecular flexibility index (Phi) is 45.8. The van der Waals surface area contributed by atoms with Gasteiger partial charge < -0.3 is 14.2 Å². The molecular formula is C51H98O6. The van der Waals surface area contributed by atoms with Gasteiger partial charge in [-0.25, -0.2) is 0 Å². The van der Waals surface area contributed by atoms with E-state index in [0.29, 0.717) is 19.3 Å². The molecule has 0 saturated heterocycles. The van der Waals surface area contributed by atoms with Crippen LogP contribution in [0.1, 0.15) is 290 Å². The molecule has 0 saturated carbocycles. The molecule has 0 unspecified atom stereocenters. The van der Waals surface area contributed by atoms with Crippen LogP contribution in [0.4, 0.5) is 0 Å². The van der Waals surface area contributed by atoms with E-state index in [1.54, 1.807) is 0 Å². The SMILES string of the molecule is CCCCCCCCCCCCCCCCCCCCC(=O)OC[C@H](COC(=O)CCCCCCCCCCCC)OC(=O)CCCCCCCCCCCCC. The first kappa shape index (κ1) is 55.4. The van der Waals surface area contributed by atoms with Crippen LogP contribution in [0.2, 0.25) is 0 Å². The van der Waals surface area contributed by atoms with Crippen molar-refractivity contribution in [1.29, 1.82) is 0 Å². The lowest BCUT2D eigenvalue weighted by atomic mass is 10.0. The van der Waals surface area contributed by atoms with E-state index >= 15 is 0 Å². The molecule has 1 atom stereocenters. The van der Waals surface area contributed by atoms with Gasteiger partial charge in [-0.1, -0.05) is 252 Å². The van der Waals surface area contributed by atoms with Gasteiger partial charge in [-0.2, -0.15) is 0 Å². The number of carbonyl (C=O) groups is 3. The monoisotopic (exact) mass is 807 g/mol. The predicted molar refractivity (Wildman–Crippen MR) is 243 cm³/mol. The van der Waals surface area contributed by atoms with Gasteiger partial charge in [-0.05, 0) is 19.3 Å². The van der Waals surface area contributed by atoms with Crippen molar-refractivity contribution in [3.05, 3.63) is 0 Å². The molecule has 6 heteroatoms. The molecule has 57 heavy (non-hydrogen) atoms. The van der Waals surface area contributed by atoms with Gasteiger partial charge in [0, 0.05) is 19.3 Å².